The molecule has 1 aromatic heterocycles. The van der Waals surface area contributed by atoms with E-state index in [0.29, 0.717) is 11.1 Å². The van der Waals surface area contributed by atoms with Crippen LogP contribution in [0.4, 0.5) is 5.82 Å². The lowest BCUT2D eigenvalue weighted by molar-refractivity contribution is -0.141. The molecule has 0 aliphatic heterocycles. The first-order chi connectivity index (χ1) is 11.2. The molecule has 0 amide bonds. The largest absolute Gasteiger partial charge is 0.468 e. The number of nitrogens with zero attached hydrogens (tertiary/aromatic N) is 2. The Balaban J connectivity index is 2.35. The minimum Gasteiger partial charge on any atom is -0.468 e. The Bertz CT molecular complexity index is 859. The fourth-order valence-electron chi connectivity index (χ4n) is 2.47. The van der Waals surface area contributed by atoms with Gasteiger partial charge in [0.2, 0.25) is 0 Å². The number of carbonyl (C=O) groups is 1. The molecule has 2 aromatic rings. The van der Waals surface area contributed by atoms with Gasteiger partial charge in [-0.2, -0.15) is 5.10 Å². The Kier molecular flexibility index (Phi) is 4.98. The molecule has 1 aromatic carbocycles. The number of anilines is 1. The van der Waals surface area contributed by atoms with Crippen LogP contribution in [-0.2, 0) is 26.1 Å². The molecule has 0 bridgehead atoms. The van der Waals surface area contributed by atoms with E-state index in [9.17, 15) is 13.2 Å². The second kappa shape index (κ2) is 6.64. The third-order valence-corrected chi connectivity index (χ3v) is 5.59. The molecule has 7 nitrogen and oxygen atoms in total. The Morgan fingerprint density at radius 3 is 2.33 bits per heavy atom. The number of carbonyl (C=O) groups excluding carboxylic acids is 1. The van der Waals surface area contributed by atoms with E-state index in [-0.39, 0.29) is 17.3 Å². The lowest BCUT2D eigenvalue weighted by Crippen LogP contribution is -2.18. The van der Waals surface area contributed by atoms with Gasteiger partial charge in [-0.25, -0.2) is 8.42 Å². The maximum atomic E-state index is 12.8. The van der Waals surface area contributed by atoms with Crippen LogP contribution in [0, 0.1) is 27.7 Å². The lowest BCUT2D eigenvalue weighted by Gasteiger charge is -2.15. The highest BCUT2D eigenvalue weighted by atomic mass is 32.2. The van der Waals surface area contributed by atoms with Crippen LogP contribution < -0.4 is 4.72 Å². The number of hydrogen-bond donors (Lipinski definition) is 1. The number of nitrogens with one attached hydrogen (secondary N) is 1. The predicted molar refractivity (Wildman–Crippen MR) is 90.4 cm³/mol. The van der Waals surface area contributed by atoms with E-state index in [4.69, 9.17) is 0 Å². The van der Waals surface area contributed by atoms with Crippen LogP contribution in [0.15, 0.2) is 23.2 Å². The first kappa shape index (κ1) is 18.0. The molecule has 0 saturated carbocycles. The highest BCUT2D eigenvalue weighted by Crippen LogP contribution is 2.27. The summed E-state index contributed by atoms with van der Waals surface area (Å²) in [5.74, 6) is -0.314. The van der Waals surface area contributed by atoms with Crippen molar-refractivity contribution < 1.29 is 17.9 Å². The molecule has 0 unspecified atom stereocenters. The number of aryl methyl sites for hydroxylation is 2. The molecular formula is C16H21N3O4S. The van der Waals surface area contributed by atoms with Gasteiger partial charge in [0.05, 0.1) is 12.0 Å². The van der Waals surface area contributed by atoms with E-state index in [0.717, 1.165) is 11.1 Å². The van der Waals surface area contributed by atoms with Crippen LogP contribution in [-0.4, -0.2) is 31.3 Å². The van der Waals surface area contributed by atoms with Gasteiger partial charge < -0.3 is 4.74 Å². The molecule has 24 heavy (non-hydrogen) atoms. The first-order valence-electron chi connectivity index (χ1n) is 7.36. The fourth-order valence-corrected chi connectivity index (χ4v) is 4.09. The molecule has 2 rings (SSSR count). The van der Waals surface area contributed by atoms with Crippen molar-refractivity contribution in [2.24, 2.45) is 0 Å². The van der Waals surface area contributed by atoms with Gasteiger partial charge in [-0.1, -0.05) is 6.07 Å². The van der Waals surface area contributed by atoms with Crippen molar-refractivity contribution in [3.05, 3.63) is 40.6 Å². The molecule has 0 radical (unpaired) electrons. The van der Waals surface area contributed by atoms with E-state index in [1.807, 2.05) is 19.9 Å². The third-order valence-electron chi connectivity index (χ3n) is 3.96. The van der Waals surface area contributed by atoms with Crippen LogP contribution in [0.25, 0.3) is 0 Å². The van der Waals surface area contributed by atoms with Crippen molar-refractivity contribution in [2.75, 3.05) is 11.8 Å². The lowest BCUT2D eigenvalue weighted by atomic mass is 10.0. The van der Waals surface area contributed by atoms with E-state index >= 15 is 0 Å². The van der Waals surface area contributed by atoms with Crippen molar-refractivity contribution >= 4 is 21.8 Å². The van der Waals surface area contributed by atoms with Crippen LogP contribution in [0.5, 0.6) is 0 Å². The summed E-state index contributed by atoms with van der Waals surface area (Å²) >= 11 is 0. The summed E-state index contributed by atoms with van der Waals surface area (Å²) in [6, 6.07) is 3.46. The van der Waals surface area contributed by atoms with Gasteiger partial charge in [0, 0.05) is 12.3 Å². The van der Waals surface area contributed by atoms with E-state index in [1.165, 1.54) is 24.1 Å². The van der Waals surface area contributed by atoms with E-state index < -0.39 is 16.0 Å². The quantitative estimate of drug-likeness (QED) is 0.833. The zero-order valence-corrected chi connectivity index (χ0v) is 15.2. The summed E-state index contributed by atoms with van der Waals surface area (Å²) in [6.45, 7) is 7.25. The second-order valence-corrected chi connectivity index (χ2v) is 7.29. The van der Waals surface area contributed by atoms with Crippen LogP contribution in [0.3, 0.4) is 0 Å². The average molecular weight is 351 g/mol. The predicted octanol–water partition coefficient (Wildman–Crippen LogP) is 2.09. The number of methoxy groups -OCH3 is 1. The molecule has 8 heteroatoms. The van der Waals surface area contributed by atoms with Crippen molar-refractivity contribution in [1.82, 2.24) is 9.78 Å². The summed E-state index contributed by atoms with van der Waals surface area (Å²) in [6.07, 6.45) is 1.51. The fraction of sp³-hybridized carbons (Fsp3) is 0.375. The van der Waals surface area contributed by atoms with Crippen LogP contribution in [0.2, 0.25) is 0 Å². The summed E-state index contributed by atoms with van der Waals surface area (Å²) < 4.78 is 33.9. The topological polar surface area (TPSA) is 90.3 Å². The number of ether oxygens (including phenoxy) is 1. The summed E-state index contributed by atoms with van der Waals surface area (Å²) in [7, 11) is -2.50. The van der Waals surface area contributed by atoms with Gasteiger partial charge in [-0.15, -0.1) is 0 Å². The average Bonchev–Trinajstić information content (AvgIpc) is 2.91. The van der Waals surface area contributed by atoms with Gasteiger partial charge in [-0.3, -0.25) is 14.2 Å². The maximum absolute atomic E-state index is 12.8. The molecule has 0 aliphatic carbocycles. The highest BCUT2D eigenvalue weighted by Gasteiger charge is 2.23. The van der Waals surface area contributed by atoms with Gasteiger partial charge in [0.15, 0.2) is 5.82 Å². The Morgan fingerprint density at radius 2 is 1.79 bits per heavy atom. The smallest absolute Gasteiger partial charge is 0.327 e. The summed E-state index contributed by atoms with van der Waals surface area (Å²) in [5.41, 5.74) is 3.24. The van der Waals surface area contributed by atoms with E-state index in [1.54, 1.807) is 13.8 Å². The maximum Gasteiger partial charge on any atom is 0.327 e. The number of aromatic nitrogens is 2. The Hall–Kier alpha value is -2.35. The number of sulfonamides is 1. The molecular weight excluding hydrogens is 330 g/mol. The number of rotatable bonds is 5. The summed E-state index contributed by atoms with van der Waals surface area (Å²) in [4.78, 5) is 11.5. The van der Waals surface area contributed by atoms with Crippen molar-refractivity contribution in [3.8, 4) is 0 Å². The first-order valence-corrected chi connectivity index (χ1v) is 8.84. The minimum atomic E-state index is -3.78. The molecule has 0 saturated heterocycles. The Morgan fingerprint density at radius 1 is 1.21 bits per heavy atom. The molecule has 0 spiro atoms. The third kappa shape index (κ3) is 3.59. The molecule has 1 N–H and O–H groups in total. The van der Waals surface area contributed by atoms with E-state index in [2.05, 4.69) is 14.6 Å². The van der Waals surface area contributed by atoms with Crippen LogP contribution in [0.1, 0.15) is 22.3 Å². The molecule has 0 atom stereocenters. The van der Waals surface area contributed by atoms with Crippen molar-refractivity contribution in [2.45, 2.75) is 39.1 Å². The van der Waals surface area contributed by atoms with Gasteiger partial charge in [-0.05, 0) is 49.9 Å². The monoisotopic (exact) mass is 351 g/mol. The zero-order valence-electron chi connectivity index (χ0n) is 14.4. The molecule has 130 valence electrons. The SMILES string of the molecule is COC(=O)Cn1ccc(NS(=O)(=O)c2c(C)c(C)cc(C)c2C)n1. The standard InChI is InChI=1S/C16H21N3O4S/c1-10-8-11(2)13(4)16(12(10)3)24(21,22)18-14-6-7-19(17-14)9-15(20)23-5/h6-8H,9H2,1-5H3,(H,17,18). The summed E-state index contributed by atoms with van der Waals surface area (Å²) in [5, 5.41) is 4.04. The number of hydrogen-bond acceptors (Lipinski definition) is 5. The van der Waals surface area contributed by atoms with Crippen molar-refractivity contribution in [3.63, 3.8) is 0 Å². The normalized spacial score (nSPS) is 11.4. The van der Waals surface area contributed by atoms with Crippen molar-refractivity contribution in [1.29, 1.82) is 0 Å². The minimum absolute atomic E-state index is 0.0835. The molecule has 0 aliphatic rings. The number of benzene rings is 1. The zero-order chi connectivity index (χ0) is 18.1. The van der Waals surface area contributed by atoms with Gasteiger partial charge in [0.25, 0.3) is 10.0 Å². The highest BCUT2D eigenvalue weighted by molar-refractivity contribution is 7.92. The Labute approximate surface area is 141 Å². The molecule has 0 fully saturated rings. The number of esters is 1. The van der Waals surface area contributed by atoms with Gasteiger partial charge in [0.1, 0.15) is 6.54 Å². The van der Waals surface area contributed by atoms with Gasteiger partial charge >= 0.3 is 5.97 Å². The molecule has 1 heterocycles. The van der Waals surface area contributed by atoms with Crippen LogP contribution >= 0.6 is 0 Å². The second-order valence-electron chi connectivity index (χ2n) is 5.67.